The van der Waals surface area contributed by atoms with Crippen LogP contribution in [-0.2, 0) is 9.59 Å². The SMILES string of the molecule is CC1(C)SC2C(NC(=O)Nc3cccc4ccccc34)C(=O)N2C1C(=O)O. The molecule has 2 aliphatic rings. The number of carbonyl (C=O) groups is 3. The number of urea groups is 1. The van der Waals surface area contributed by atoms with Gasteiger partial charge in [-0.3, -0.25) is 4.79 Å². The summed E-state index contributed by atoms with van der Waals surface area (Å²) in [5, 5.41) is 16.5. The summed E-state index contributed by atoms with van der Waals surface area (Å²) in [6.07, 6.45) is 0. The lowest BCUT2D eigenvalue weighted by atomic mass is 9.96. The van der Waals surface area contributed by atoms with Crippen LogP contribution in [0.4, 0.5) is 10.5 Å². The summed E-state index contributed by atoms with van der Waals surface area (Å²) < 4.78 is -0.616. The molecule has 2 aliphatic heterocycles. The monoisotopic (exact) mass is 385 g/mol. The first-order valence-corrected chi connectivity index (χ1v) is 9.45. The summed E-state index contributed by atoms with van der Waals surface area (Å²) in [7, 11) is 0. The Labute approximate surface area is 160 Å². The van der Waals surface area contributed by atoms with Crippen LogP contribution in [0.2, 0.25) is 0 Å². The van der Waals surface area contributed by atoms with Crippen LogP contribution in [0.3, 0.4) is 0 Å². The summed E-state index contributed by atoms with van der Waals surface area (Å²) >= 11 is 1.40. The summed E-state index contributed by atoms with van der Waals surface area (Å²) in [5.41, 5.74) is 0.650. The molecule has 0 radical (unpaired) electrons. The third-order valence-electron chi connectivity index (χ3n) is 5.00. The van der Waals surface area contributed by atoms with E-state index in [1.54, 1.807) is 19.9 Å². The summed E-state index contributed by atoms with van der Waals surface area (Å²) in [4.78, 5) is 37.8. The first kappa shape index (κ1) is 17.7. The standard InChI is InChI=1S/C19H19N3O4S/c1-19(2)14(17(24)25)22-15(23)13(16(22)27-19)21-18(26)20-12-9-5-7-10-6-3-4-8-11(10)12/h3-9,13-14,16H,1-2H3,(H,24,25)(H2,20,21,26). The molecule has 3 unspecified atom stereocenters. The van der Waals surface area contributed by atoms with E-state index in [0.29, 0.717) is 5.69 Å². The normalized spacial score (nSPS) is 25.6. The van der Waals surface area contributed by atoms with Crippen molar-refractivity contribution >= 4 is 46.1 Å². The predicted molar refractivity (Wildman–Crippen MR) is 104 cm³/mol. The van der Waals surface area contributed by atoms with Crippen LogP contribution < -0.4 is 10.6 Å². The van der Waals surface area contributed by atoms with Gasteiger partial charge >= 0.3 is 12.0 Å². The summed E-state index contributed by atoms with van der Waals surface area (Å²) in [6, 6.07) is 11.2. The molecule has 2 aromatic carbocycles. The first-order chi connectivity index (χ1) is 12.8. The van der Waals surface area contributed by atoms with E-state index in [1.807, 2.05) is 36.4 Å². The highest BCUT2D eigenvalue weighted by atomic mass is 32.2. The van der Waals surface area contributed by atoms with Gasteiger partial charge in [0.25, 0.3) is 0 Å². The molecular weight excluding hydrogens is 366 g/mol. The lowest BCUT2D eigenvalue weighted by Gasteiger charge is -2.43. The molecule has 0 spiro atoms. The minimum absolute atomic E-state index is 0.362. The number of carbonyl (C=O) groups excluding carboxylic acids is 2. The van der Waals surface area contributed by atoms with Crippen molar-refractivity contribution in [3.63, 3.8) is 0 Å². The Morgan fingerprint density at radius 3 is 2.59 bits per heavy atom. The molecule has 2 aromatic rings. The smallest absolute Gasteiger partial charge is 0.327 e. The van der Waals surface area contributed by atoms with Gasteiger partial charge in [-0.2, -0.15) is 0 Å². The second-order valence-corrected chi connectivity index (χ2v) is 8.97. The number of anilines is 1. The molecule has 4 rings (SSSR count). The van der Waals surface area contributed by atoms with Gasteiger partial charge in [-0.25, -0.2) is 9.59 Å². The van der Waals surface area contributed by atoms with Gasteiger partial charge in [-0.15, -0.1) is 11.8 Å². The van der Waals surface area contributed by atoms with Gasteiger partial charge < -0.3 is 20.6 Å². The average Bonchev–Trinajstić information content (AvgIpc) is 2.88. The first-order valence-electron chi connectivity index (χ1n) is 8.58. The van der Waals surface area contributed by atoms with Gasteiger partial charge in [-0.1, -0.05) is 36.4 Å². The minimum atomic E-state index is -1.03. The van der Waals surface area contributed by atoms with Crippen LogP contribution in [-0.4, -0.2) is 50.1 Å². The highest BCUT2D eigenvalue weighted by Crippen LogP contribution is 2.50. The number of β-lactam (4-membered cyclic amide) rings is 1. The second-order valence-electron chi connectivity index (χ2n) is 7.20. The Balaban J connectivity index is 1.48. The highest BCUT2D eigenvalue weighted by Gasteiger charge is 2.64. The maximum absolute atomic E-state index is 12.5. The fraction of sp³-hybridized carbons (Fsp3) is 0.316. The molecule has 7 nitrogen and oxygen atoms in total. The molecule has 0 saturated carbocycles. The quantitative estimate of drug-likeness (QED) is 0.705. The molecule has 140 valence electrons. The van der Waals surface area contributed by atoms with E-state index in [-0.39, 0.29) is 11.3 Å². The lowest BCUT2D eigenvalue weighted by Crippen LogP contribution is -2.70. The number of aliphatic carboxylic acids is 1. The van der Waals surface area contributed by atoms with Crippen molar-refractivity contribution in [1.82, 2.24) is 10.2 Å². The van der Waals surface area contributed by atoms with Gasteiger partial charge in [0.05, 0.1) is 5.69 Å². The third-order valence-corrected chi connectivity index (χ3v) is 6.57. The Morgan fingerprint density at radius 1 is 1.15 bits per heavy atom. The summed E-state index contributed by atoms with van der Waals surface area (Å²) in [5.74, 6) is -1.39. The van der Waals surface area contributed by atoms with Crippen LogP contribution in [0.15, 0.2) is 42.5 Å². The van der Waals surface area contributed by atoms with E-state index in [1.165, 1.54) is 16.7 Å². The number of hydrogen-bond acceptors (Lipinski definition) is 4. The van der Waals surface area contributed by atoms with E-state index in [2.05, 4.69) is 10.6 Å². The fourth-order valence-electron chi connectivity index (χ4n) is 3.78. The number of fused-ring (bicyclic) bond motifs is 2. The average molecular weight is 385 g/mol. The molecule has 3 N–H and O–H groups in total. The zero-order chi connectivity index (χ0) is 19.3. The van der Waals surface area contributed by atoms with Crippen LogP contribution in [0.5, 0.6) is 0 Å². The molecule has 2 saturated heterocycles. The largest absolute Gasteiger partial charge is 0.480 e. The predicted octanol–water partition coefficient (Wildman–Crippen LogP) is 2.48. The van der Waals surface area contributed by atoms with E-state index in [0.717, 1.165) is 10.8 Å². The maximum atomic E-state index is 12.5. The van der Waals surface area contributed by atoms with Crippen molar-refractivity contribution in [3.05, 3.63) is 42.5 Å². The van der Waals surface area contributed by atoms with E-state index < -0.39 is 28.8 Å². The zero-order valence-corrected chi connectivity index (χ0v) is 15.6. The van der Waals surface area contributed by atoms with Gasteiger partial charge in [0, 0.05) is 10.1 Å². The third kappa shape index (κ3) is 2.80. The number of amides is 3. The number of nitrogens with one attached hydrogen (secondary N) is 2. The van der Waals surface area contributed by atoms with Crippen molar-refractivity contribution in [2.75, 3.05) is 5.32 Å². The molecule has 3 atom stereocenters. The van der Waals surface area contributed by atoms with Crippen LogP contribution in [0.25, 0.3) is 10.8 Å². The molecule has 0 aliphatic carbocycles. The Hall–Kier alpha value is -2.74. The molecule has 2 heterocycles. The molecule has 3 amide bonds. The van der Waals surface area contributed by atoms with Gasteiger partial charge in [0.2, 0.25) is 5.91 Å². The second kappa shape index (κ2) is 6.16. The number of hydrogen-bond donors (Lipinski definition) is 3. The van der Waals surface area contributed by atoms with Crippen LogP contribution in [0, 0.1) is 0 Å². The van der Waals surface area contributed by atoms with Gasteiger partial charge in [0.1, 0.15) is 17.5 Å². The highest BCUT2D eigenvalue weighted by molar-refractivity contribution is 8.01. The zero-order valence-electron chi connectivity index (χ0n) is 14.8. The topological polar surface area (TPSA) is 98.7 Å². The number of carboxylic acid groups (broad SMARTS) is 1. The number of carboxylic acids is 1. The molecule has 27 heavy (non-hydrogen) atoms. The van der Waals surface area contributed by atoms with Crippen molar-refractivity contribution in [2.45, 2.75) is 36.1 Å². The molecule has 8 heteroatoms. The fourth-order valence-corrected chi connectivity index (χ4v) is 5.40. The van der Waals surface area contributed by atoms with Crippen molar-refractivity contribution in [3.8, 4) is 0 Å². The van der Waals surface area contributed by atoms with E-state index in [9.17, 15) is 19.5 Å². The number of nitrogens with zero attached hydrogens (tertiary/aromatic N) is 1. The van der Waals surface area contributed by atoms with Gasteiger partial charge in [0.15, 0.2) is 0 Å². The summed E-state index contributed by atoms with van der Waals surface area (Å²) in [6.45, 7) is 3.60. The van der Waals surface area contributed by atoms with E-state index >= 15 is 0 Å². The van der Waals surface area contributed by atoms with Gasteiger partial charge in [-0.05, 0) is 25.3 Å². The molecule has 0 bridgehead atoms. The Bertz CT molecular complexity index is 956. The van der Waals surface area contributed by atoms with E-state index in [4.69, 9.17) is 0 Å². The molecule has 0 aromatic heterocycles. The Kier molecular flexibility index (Phi) is 4.03. The van der Waals surface area contributed by atoms with Crippen LogP contribution >= 0.6 is 11.8 Å². The molecular formula is C19H19N3O4S. The minimum Gasteiger partial charge on any atom is -0.480 e. The molecule has 2 fully saturated rings. The maximum Gasteiger partial charge on any atom is 0.327 e. The number of rotatable bonds is 3. The lowest BCUT2D eigenvalue weighted by molar-refractivity contribution is -0.159. The van der Waals surface area contributed by atoms with Crippen LogP contribution in [0.1, 0.15) is 13.8 Å². The Morgan fingerprint density at radius 2 is 1.85 bits per heavy atom. The number of thioether (sulfide) groups is 1. The van der Waals surface area contributed by atoms with Crippen molar-refractivity contribution in [2.24, 2.45) is 0 Å². The number of benzene rings is 2. The van der Waals surface area contributed by atoms with Crippen molar-refractivity contribution < 1.29 is 19.5 Å². The van der Waals surface area contributed by atoms with Crippen molar-refractivity contribution in [1.29, 1.82) is 0 Å².